The SMILES string of the molecule is COc1cccc(COc2ccc(C)cc2C=O)n1. The number of methoxy groups -OCH3 is 1. The van der Waals surface area contributed by atoms with Gasteiger partial charge in [-0.3, -0.25) is 4.79 Å². The van der Waals surface area contributed by atoms with Crippen molar-refractivity contribution in [2.75, 3.05) is 7.11 Å². The molecular formula is C15H15NO3. The zero-order chi connectivity index (χ0) is 13.7. The van der Waals surface area contributed by atoms with Crippen LogP contribution in [0.2, 0.25) is 0 Å². The van der Waals surface area contributed by atoms with Crippen molar-refractivity contribution in [1.82, 2.24) is 4.98 Å². The number of carbonyl (C=O) groups excluding carboxylic acids is 1. The molecule has 4 nitrogen and oxygen atoms in total. The van der Waals surface area contributed by atoms with Gasteiger partial charge in [0.05, 0.1) is 18.4 Å². The summed E-state index contributed by atoms with van der Waals surface area (Å²) in [5.41, 5.74) is 2.31. The molecule has 0 bridgehead atoms. The number of hydrogen-bond acceptors (Lipinski definition) is 4. The standard InChI is InChI=1S/C15H15NO3/c1-11-6-7-14(12(8-11)9-17)19-10-13-4-3-5-15(16-13)18-2/h3-9H,10H2,1-2H3. The van der Waals surface area contributed by atoms with Gasteiger partial charge in [-0.1, -0.05) is 17.7 Å². The first-order valence-electron chi connectivity index (χ1n) is 5.91. The van der Waals surface area contributed by atoms with Crippen LogP contribution < -0.4 is 9.47 Å². The van der Waals surface area contributed by atoms with Gasteiger partial charge in [0.2, 0.25) is 5.88 Å². The second-order valence-electron chi connectivity index (χ2n) is 4.12. The van der Waals surface area contributed by atoms with E-state index in [-0.39, 0.29) is 0 Å². The lowest BCUT2D eigenvalue weighted by molar-refractivity contribution is 0.111. The molecule has 4 heteroatoms. The van der Waals surface area contributed by atoms with Gasteiger partial charge in [0.1, 0.15) is 12.4 Å². The minimum absolute atomic E-state index is 0.293. The first-order chi connectivity index (χ1) is 9.22. The minimum Gasteiger partial charge on any atom is -0.487 e. The van der Waals surface area contributed by atoms with E-state index in [1.165, 1.54) is 0 Å². The number of aromatic nitrogens is 1. The second kappa shape index (κ2) is 6.00. The molecule has 0 aliphatic rings. The van der Waals surface area contributed by atoms with Crippen LogP contribution in [-0.2, 0) is 6.61 Å². The van der Waals surface area contributed by atoms with Gasteiger partial charge < -0.3 is 9.47 Å². The smallest absolute Gasteiger partial charge is 0.213 e. The van der Waals surface area contributed by atoms with Crippen molar-refractivity contribution in [2.45, 2.75) is 13.5 Å². The zero-order valence-electron chi connectivity index (χ0n) is 10.9. The molecule has 0 spiro atoms. The quantitative estimate of drug-likeness (QED) is 0.773. The molecule has 0 unspecified atom stereocenters. The van der Waals surface area contributed by atoms with E-state index in [0.29, 0.717) is 23.8 Å². The number of aryl methyl sites for hydroxylation is 1. The number of pyridine rings is 1. The fraction of sp³-hybridized carbons (Fsp3) is 0.200. The van der Waals surface area contributed by atoms with Gasteiger partial charge in [0.25, 0.3) is 0 Å². The van der Waals surface area contributed by atoms with Crippen LogP contribution in [-0.4, -0.2) is 18.4 Å². The van der Waals surface area contributed by atoms with E-state index in [9.17, 15) is 4.79 Å². The lowest BCUT2D eigenvalue weighted by Gasteiger charge is -2.09. The topological polar surface area (TPSA) is 48.4 Å². The van der Waals surface area contributed by atoms with Crippen LogP contribution in [0, 0.1) is 6.92 Å². The van der Waals surface area contributed by atoms with Crippen LogP contribution in [0.1, 0.15) is 21.6 Å². The molecule has 1 aromatic heterocycles. The molecule has 0 atom stereocenters. The maximum Gasteiger partial charge on any atom is 0.213 e. The maximum atomic E-state index is 11.0. The largest absolute Gasteiger partial charge is 0.487 e. The summed E-state index contributed by atoms with van der Waals surface area (Å²) in [4.78, 5) is 15.2. The maximum absolute atomic E-state index is 11.0. The highest BCUT2D eigenvalue weighted by Crippen LogP contribution is 2.19. The summed E-state index contributed by atoms with van der Waals surface area (Å²) in [5, 5.41) is 0. The first-order valence-corrected chi connectivity index (χ1v) is 5.91. The van der Waals surface area contributed by atoms with Gasteiger partial charge in [-0.15, -0.1) is 0 Å². The molecule has 1 heterocycles. The summed E-state index contributed by atoms with van der Waals surface area (Å²) < 4.78 is 10.7. The van der Waals surface area contributed by atoms with Crippen molar-refractivity contribution < 1.29 is 14.3 Å². The Labute approximate surface area is 112 Å². The van der Waals surface area contributed by atoms with E-state index < -0.39 is 0 Å². The van der Waals surface area contributed by atoms with E-state index in [2.05, 4.69) is 4.98 Å². The predicted molar refractivity (Wildman–Crippen MR) is 71.7 cm³/mol. The summed E-state index contributed by atoms with van der Waals surface area (Å²) in [6, 6.07) is 11.0. The van der Waals surface area contributed by atoms with Gasteiger partial charge >= 0.3 is 0 Å². The van der Waals surface area contributed by atoms with E-state index >= 15 is 0 Å². The normalized spacial score (nSPS) is 10.0. The molecule has 0 amide bonds. The van der Waals surface area contributed by atoms with E-state index in [1.54, 1.807) is 25.3 Å². The third-order valence-corrected chi connectivity index (χ3v) is 2.66. The van der Waals surface area contributed by atoms with Crippen LogP contribution >= 0.6 is 0 Å². The van der Waals surface area contributed by atoms with Crippen LogP contribution in [0.5, 0.6) is 11.6 Å². The number of benzene rings is 1. The van der Waals surface area contributed by atoms with Crippen molar-refractivity contribution in [1.29, 1.82) is 0 Å². The number of aldehydes is 1. The van der Waals surface area contributed by atoms with Crippen LogP contribution in [0.25, 0.3) is 0 Å². The van der Waals surface area contributed by atoms with Gasteiger partial charge in [-0.2, -0.15) is 0 Å². The Balaban J connectivity index is 2.11. The fourth-order valence-electron chi connectivity index (χ4n) is 1.69. The zero-order valence-corrected chi connectivity index (χ0v) is 10.9. The van der Waals surface area contributed by atoms with Crippen molar-refractivity contribution in [3.8, 4) is 11.6 Å². The van der Waals surface area contributed by atoms with Crippen LogP contribution in [0.15, 0.2) is 36.4 Å². The Morgan fingerprint density at radius 2 is 2.11 bits per heavy atom. The highest BCUT2D eigenvalue weighted by Gasteiger charge is 2.04. The molecule has 2 aromatic rings. The molecule has 0 N–H and O–H groups in total. The average Bonchev–Trinajstić information content (AvgIpc) is 2.46. The highest BCUT2D eigenvalue weighted by atomic mass is 16.5. The highest BCUT2D eigenvalue weighted by molar-refractivity contribution is 5.79. The first kappa shape index (κ1) is 13.1. The van der Waals surface area contributed by atoms with Crippen LogP contribution in [0.3, 0.4) is 0 Å². The third kappa shape index (κ3) is 3.31. The molecule has 0 saturated heterocycles. The summed E-state index contributed by atoms with van der Waals surface area (Å²) in [6.45, 7) is 2.22. The Morgan fingerprint density at radius 3 is 2.84 bits per heavy atom. The van der Waals surface area contributed by atoms with E-state index in [1.807, 2.05) is 25.1 Å². The number of carbonyl (C=O) groups is 1. The summed E-state index contributed by atoms with van der Waals surface area (Å²) in [6.07, 6.45) is 0.793. The second-order valence-corrected chi connectivity index (χ2v) is 4.12. The van der Waals surface area contributed by atoms with E-state index in [4.69, 9.17) is 9.47 Å². The monoisotopic (exact) mass is 257 g/mol. The van der Waals surface area contributed by atoms with Gasteiger partial charge in [-0.05, 0) is 25.1 Å². The number of ether oxygens (including phenoxy) is 2. The fourth-order valence-corrected chi connectivity index (χ4v) is 1.69. The third-order valence-electron chi connectivity index (χ3n) is 2.66. The van der Waals surface area contributed by atoms with Crippen molar-refractivity contribution >= 4 is 6.29 Å². The summed E-state index contributed by atoms with van der Waals surface area (Å²) in [7, 11) is 1.57. The minimum atomic E-state index is 0.293. The Bertz CT molecular complexity index is 581. The van der Waals surface area contributed by atoms with E-state index in [0.717, 1.165) is 17.5 Å². The molecule has 0 saturated carbocycles. The molecule has 0 fully saturated rings. The van der Waals surface area contributed by atoms with Crippen molar-refractivity contribution in [3.05, 3.63) is 53.2 Å². The Hall–Kier alpha value is -2.36. The lowest BCUT2D eigenvalue weighted by Crippen LogP contribution is -2.01. The number of rotatable bonds is 5. The molecule has 0 radical (unpaired) electrons. The molecular weight excluding hydrogens is 242 g/mol. The molecule has 0 aliphatic heterocycles. The van der Waals surface area contributed by atoms with Crippen molar-refractivity contribution in [2.24, 2.45) is 0 Å². The summed E-state index contributed by atoms with van der Waals surface area (Å²) >= 11 is 0. The molecule has 1 aromatic carbocycles. The van der Waals surface area contributed by atoms with Gasteiger partial charge in [0.15, 0.2) is 6.29 Å². The molecule has 19 heavy (non-hydrogen) atoms. The molecule has 98 valence electrons. The number of hydrogen-bond donors (Lipinski definition) is 0. The molecule has 0 aliphatic carbocycles. The Morgan fingerprint density at radius 1 is 1.26 bits per heavy atom. The predicted octanol–water partition coefficient (Wildman–Crippen LogP) is 2.79. The van der Waals surface area contributed by atoms with Crippen molar-refractivity contribution in [3.63, 3.8) is 0 Å². The molecule has 2 rings (SSSR count). The Kier molecular flexibility index (Phi) is 4.13. The summed E-state index contributed by atoms with van der Waals surface area (Å²) in [5.74, 6) is 1.10. The number of nitrogens with zero attached hydrogens (tertiary/aromatic N) is 1. The average molecular weight is 257 g/mol. The van der Waals surface area contributed by atoms with Crippen LogP contribution in [0.4, 0.5) is 0 Å². The lowest BCUT2D eigenvalue weighted by atomic mass is 10.1. The van der Waals surface area contributed by atoms with Gasteiger partial charge in [0, 0.05) is 6.07 Å². The van der Waals surface area contributed by atoms with Gasteiger partial charge in [-0.25, -0.2) is 4.98 Å².